The molecule has 0 bridgehead atoms. The summed E-state index contributed by atoms with van der Waals surface area (Å²) >= 11 is 0. The van der Waals surface area contributed by atoms with Crippen LogP contribution in [0.1, 0.15) is 10.4 Å². The molecule has 0 aliphatic carbocycles. The number of hydrogen-bond donors (Lipinski definition) is 2. The van der Waals surface area contributed by atoms with Gasteiger partial charge in [0.2, 0.25) is 0 Å². The van der Waals surface area contributed by atoms with Crippen LogP contribution in [0.4, 0.5) is 18.9 Å². The van der Waals surface area contributed by atoms with Crippen molar-refractivity contribution in [1.29, 1.82) is 0 Å². The van der Waals surface area contributed by atoms with Crippen LogP contribution >= 0.6 is 0 Å². The van der Waals surface area contributed by atoms with Gasteiger partial charge in [-0.3, -0.25) is 4.72 Å². The highest BCUT2D eigenvalue weighted by atomic mass is 32.2. The third kappa shape index (κ3) is 5.49. The summed E-state index contributed by atoms with van der Waals surface area (Å²) in [6.07, 6.45) is -4.81. The molecule has 168 valence electrons. The molecule has 0 saturated heterocycles. The predicted molar refractivity (Wildman–Crippen MR) is 109 cm³/mol. The summed E-state index contributed by atoms with van der Waals surface area (Å²) in [5.74, 6) is -1.65. The number of esters is 1. The third-order valence-corrected chi connectivity index (χ3v) is 5.60. The lowest BCUT2D eigenvalue weighted by Gasteiger charge is -2.12. The van der Waals surface area contributed by atoms with Gasteiger partial charge in [0.1, 0.15) is 17.1 Å². The molecule has 7 nitrogen and oxygen atoms in total. The van der Waals surface area contributed by atoms with Crippen LogP contribution in [0.25, 0.3) is 11.1 Å². The van der Waals surface area contributed by atoms with Crippen molar-refractivity contribution < 1.29 is 41.0 Å². The molecule has 3 aromatic carbocycles. The second kappa shape index (κ2) is 8.79. The van der Waals surface area contributed by atoms with Crippen LogP contribution in [0.3, 0.4) is 0 Å². The number of carbonyl (C=O) groups is 1. The molecule has 11 heteroatoms. The SMILES string of the molecule is COC(=O)c1ccc(NS(=O)(=O)c2cccc(-c3ccc(OC(F)(F)F)cc3)c2)cc1O. The molecular formula is C21H16F3NO6S. The lowest BCUT2D eigenvalue weighted by molar-refractivity contribution is -0.274. The van der Waals surface area contributed by atoms with Crippen molar-refractivity contribution >= 4 is 21.7 Å². The molecule has 0 spiro atoms. The number of sulfonamides is 1. The zero-order valence-corrected chi connectivity index (χ0v) is 17.2. The van der Waals surface area contributed by atoms with Gasteiger partial charge >= 0.3 is 12.3 Å². The van der Waals surface area contributed by atoms with E-state index in [2.05, 4.69) is 14.2 Å². The van der Waals surface area contributed by atoms with Gasteiger partial charge in [0.15, 0.2) is 0 Å². The Morgan fingerprint density at radius 3 is 2.25 bits per heavy atom. The standard InChI is InChI=1S/C21H16F3NO6S/c1-30-20(27)18-10-7-15(12-19(18)26)25-32(28,29)17-4-2-3-14(11-17)13-5-8-16(9-6-13)31-21(22,23)24/h2-12,25-26H,1H3. The number of ether oxygens (including phenoxy) is 2. The molecule has 0 heterocycles. The van der Waals surface area contributed by atoms with Gasteiger partial charge in [-0.25, -0.2) is 13.2 Å². The van der Waals surface area contributed by atoms with Crippen molar-refractivity contribution in [2.24, 2.45) is 0 Å². The maximum absolute atomic E-state index is 12.8. The topological polar surface area (TPSA) is 102 Å². The lowest BCUT2D eigenvalue weighted by atomic mass is 10.1. The number of rotatable bonds is 6. The van der Waals surface area contributed by atoms with Crippen LogP contribution in [0, 0.1) is 0 Å². The molecule has 0 amide bonds. The summed E-state index contributed by atoms with van der Waals surface area (Å²) in [6, 6.07) is 14.3. The number of halogens is 3. The predicted octanol–water partition coefficient (Wildman–Crippen LogP) is 4.55. The van der Waals surface area contributed by atoms with E-state index in [1.165, 1.54) is 42.5 Å². The third-order valence-electron chi connectivity index (χ3n) is 4.22. The fraction of sp³-hybridized carbons (Fsp3) is 0.0952. The molecule has 3 rings (SSSR count). The number of phenolic OH excluding ortho intramolecular Hbond substituents is 1. The second-order valence-corrected chi connectivity index (χ2v) is 8.11. The Kier molecular flexibility index (Phi) is 6.30. The van der Waals surface area contributed by atoms with Crippen molar-refractivity contribution in [3.05, 3.63) is 72.3 Å². The normalized spacial score (nSPS) is 11.6. The largest absolute Gasteiger partial charge is 0.573 e. The number of hydrogen-bond acceptors (Lipinski definition) is 6. The molecule has 0 aromatic heterocycles. The van der Waals surface area contributed by atoms with Crippen molar-refractivity contribution in [3.63, 3.8) is 0 Å². The molecule has 0 radical (unpaired) electrons. The van der Waals surface area contributed by atoms with Gasteiger partial charge in [0.05, 0.1) is 17.7 Å². The quantitative estimate of drug-likeness (QED) is 0.516. The zero-order chi connectivity index (χ0) is 23.5. The van der Waals surface area contributed by atoms with Crippen LogP contribution in [0.2, 0.25) is 0 Å². The average molecular weight is 467 g/mol. The second-order valence-electron chi connectivity index (χ2n) is 6.43. The maximum atomic E-state index is 12.8. The zero-order valence-electron chi connectivity index (χ0n) is 16.4. The minimum Gasteiger partial charge on any atom is -0.507 e. The lowest BCUT2D eigenvalue weighted by Crippen LogP contribution is -2.16. The molecule has 0 unspecified atom stereocenters. The van der Waals surface area contributed by atoms with E-state index in [0.29, 0.717) is 11.1 Å². The van der Waals surface area contributed by atoms with Crippen LogP contribution in [0.15, 0.2) is 71.6 Å². The molecule has 0 atom stereocenters. The molecule has 0 saturated carbocycles. The number of anilines is 1. The number of alkyl halides is 3. The van der Waals surface area contributed by atoms with E-state index in [0.717, 1.165) is 25.3 Å². The van der Waals surface area contributed by atoms with Crippen molar-refractivity contribution in [2.75, 3.05) is 11.8 Å². The molecule has 0 aliphatic heterocycles. The average Bonchev–Trinajstić information content (AvgIpc) is 2.72. The Morgan fingerprint density at radius 2 is 1.66 bits per heavy atom. The first-order valence-corrected chi connectivity index (χ1v) is 10.4. The molecule has 0 aliphatic rings. The summed E-state index contributed by atoms with van der Waals surface area (Å²) < 4.78 is 73.0. The van der Waals surface area contributed by atoms with Crippen LogP contribution in [-0.2, 0) is 14.8 Å². The number of methoxy groups -OCH3 is 1. The maximum Gasteiger partial charge on any atom is 0.573 e. The highest BCUT2D eigenvalue weighted by Gasteiger charge is 2.31. The van der Waals surface area contributed by atoms with Crippen molar-refractivity contribution in [3.8, 4) is 22.6 Å². The van der Waals surface area contributed by atoms with Crippen LogP contribution < -0.4 is 9.46 Å². The minimum absolute atomic E-state index is 0.00853. The molecule has 32 heavy (non-hydrogen) atoms. The first kappa shape index (κ1) is 22.9. The van der Waals surface area contributed by atoms with Gasteiger partial charge in [-0.2, -0.15) is 0 Å². The monoisotopic (exact) mass is 467 g/mol. The highest BCUT2D eigenvalue weighted by Crippen LogP contribution is 2.29. The Morgan fingerprint density at radius 1 is 0.969 bits per heavy atom. The fourth-order valence-corrected chi connectivity index (χ4v) is 3.88. The first-order chi connectivity index (χ1) is 15.0. The smallest absolute Gasteiger partial charge is 0.507 e. The van der Waals surface area contributed by atoms with Gasteiger partial charge in [0.25, 0.3) is 10.0 Å². The Bertz CT molecular complexity index is 1240. The Balaban J connectivity index is 1.84. The van der Waals surface area contributed by atoms with Gasteiger partial charge < -0.3 is 14.6 Å². The van der Waals surface area contributed by atoms with E-state index in [1.54, 1.807) is 6.07 Å². The van der Waals surface area contributed by atoms with Gasteiger partial charge in [-0.15, -0.1) is 13.2 Å². The summed E-state index contributed by atoms with van der Waals surface area (Å²) in [6.45, 7) is 0. The van der Waals surface area contributed by atoms with E-state index < -0.39 is 33.9 Å². The molecular weight excluding hydrogens is 451 g/mol. The molecule has 3 aromatic rings. The minimum atomic E-state index is -4.81. The van der Waals surface area contributed by atoms with Gasteiger partial charge in [-0.1, -0.05) is 24.3 Å². The fourth-order valence-electron chi connectivity index (χ4n) is 2.78. The summed E-state index contributed by atoms with van der Waals surface area (Å²) in [5.41, 5.74) is 0.788. The summed E-state index contributed by atoms with van der Waals surface area (Å²) in [4.78, 5) is 11.4. The van der Waals surface area contributed by atoms with E-state index in [1.807, 2.05) is 0 Å². The van der Waals surface area contributed by atoms with Crippen molar-refractivity contribution in [2.45, 2.75) is 11.3 Å². The highest BCUT2D eigenvalue weighted by molar-refractivity contribution is 7.92. The van der Waals surface area contributed by atoms with E-state index in [-0.39, 0.29) is 16.1 Å². The van der Waals surface area contributed by atoms with E-state index in [4.69, 9.17) is 0 Å². The first-order valence-electron chi connectivity index (χ1n) is 8.89. The van der Waals surface area contributed by atoms with Crippen LogP contribution in [0.5, 0.6) is 11.5 Å². The molecule has 0 fully saturated rings. The van der Waals surface area contributed by atoms with Gasteiger partial charge in [0, 0.05) is 6.07 Å². The summed E-state index contributed by atoms with van der Waals surface area (Å²) in [5, 5.41) is 9.93. The Hall–Kier alpha value is -3.73. The van der Waals surface area contributed by atoms with Gasteiger partial charge in [-0.05, 0) is 47.5 Å². The molecule has 2 N–H and O–H groups in total. The number of benzene rings is 3. The van der Waals surface area contributed by atoms with Crippen LogP contribution in [-0.4, -0.2) is 33.0 Å². The van der Waals surface area contributed by atoms with Crippen molar-refractivity contribution in [1.82, 2.24) is 0 Å². The number of aromatic hydroxyl groups is 1. The Labute approximate surface area is 181 Å². The number of nitrogens with one attached hydrogen (secondary N) is 1. The number of carbonyl (C=O) groups excluding carboxylic acids is 1. The summed E-state index contributed by atoms with van der Waals surface area (Å²) in [7, 11) is -2.94. The number of phenols is 1. The van der Waals surface area contributed by atoms with E-state index >= 15 is 0 Å². The van der Waals surface area contributed by atoms with E-state index in [9.17, 15) is 31.5 Å².